The van der Waals surface area contributed by atoms with Gasteiger partial charge in [0.2, 0.25) is 0 Å². The summed E-state index contributed by atoms with van der Waals surface area (Å²) < 4.78 is 10.8. The van der Waals surface area contributed by atoms with Gasteiger partial charge in [-0.25, -0.2) is 4.79 Å². The number of nitrogens with zero attached hydrogens (tertiary/aromatic N) is 1. The predicted octanol–water partition coefficient (Wildman–Crippen LogP) is 3.71. The number of non-ortho nitro benzene ring substituents is 1. The summed E-state index contributed by atoms with van der Waals surface area (Å²) >= 11 is 3.15. The fourth-order valence-corrected chi connectivity index (χ4v) is 1.80. The number of carbonyl (C=O) groups is 1. The lowest BCUT2D eigenvalue weighted by atomic mass is 10.2. The lowest BCUT2D eigenvalue weighted by Gasteiger charge is -2.01. The van der Waals surface area contributed by atoms with E-state index in [9.17, 15) is 14.9 Å². The first-order valence-corrected chi connectivity index (χ1v) is 6.67. The number of hydrogen-bond donors (Lipinski definition) is 0. The number of ether oxygens (including phenoxy) is 1. The van der Waals surface area contributed by atoms with Crippen molar-refractivity contribution in [1.29, 1.82) is 0 Å². The first-order chi connectivity index (χ1) is 10.0. The molecule has 1 aromatic carbocycles. The Balaban J connectivity index is 1.86. The highest BCUT2D eigenvalue weighted by Crippen LogP contribution is 2.15. The molecule has 6 nitrogen and oxygen atoms in total. The number of rotatable bonds is 5. The van der Waals surface area contributed by atoms with Crippen molar-refractivity contribution in [3.05, 3.63) is 68.6 Å². The maximum Gasteiger partial charge on any atom is 0.331 e. The van der Waals surface area contributed by atoms with E-state index >= 15 is 0 Å². The highest BCUT2D eigenvalue weighted by molar-refractivity contribution is 9.10. The van der Waals surface area contributed by atoms with Crippen molar-refractivity contribution >= 4 is 33.7 Å². The molecule has 0 aliphatic rings. The second-order valence-corrected chi connectivity index (χ2v) is 4.79. The second kappa shape index (κ2) is 6.85. The Morgan fingerprint density at radius 2 is 2.00 bits per heavy atom. The van der Waals surface area contributed by atoms with E-state index in [2.05, 4.69) is 15.9 Å². The molecule has 0 fully saturated rings. The van der Waals surface area contributed by atoms with Gasteiger partial charge >= 0.3 is 5.97 Å². The zero-order chi connectivity index (χ0) is 15.2. The summed E-state index contributed by atoms with van der Waals surface area (Å²) in [5, 5.41) is 10.5. The van der Waals surface area contributed by atoms with Crippen LogP contribution in [0.2, 0.25) is 0 Å². The Hall–Kier alpha value is -2.41. The van der Waals surface area contributed by atoms with Crippen molar-refractivity contribution in [3.63, 3.8) is 0 Å². The standard InChI is InChI=1S/C14H10BrNO5/c15-13-7-5-12(21-13)6-8-14(17)20-9-10-1-3-11(4-2-10)16(18)19/h1-8H,9H2. The smallest absolute Gasteiger partial charge is 0.331 e. The second-order valence-electron chi connectivity index (χ2n) is 4.01. The van der Waals surface area contributed by atoms with Gasteiger partial charge < -0.3 is 9.15 Å². The van der Waals surface area contributed by atoms with Gasteiger partial charge in [-0.1, -0.05) is 0 Å². The van der Waals surface area contributed by atoms with E-state index < -0.39 is 10.9 Å². The summed E-state index contributed by atoms with van der Waals surface area (Å²) in [7, 11) is 0. The molecule has 0 atom stereocenters. The average molecular weight is 352 g/mol. The van der Waals surface area contributed by atoms with Crippen molar-refractivity contribution in [3.8, 4) is 0 Å². The fraction of sp³-hybridized carbons (Fsp3) is 0.0714. The lowest BCUT2D eigenvalue weighted by molar-refractivity contribution is -0.384. The fourth-order valence-electron chi connectivity index (χ4n) is 1.48. The van der Waals surface area contributed by atoms with Crippen LogP contribution >= 0.6 is 15.9 Å². The lowest BCUT2D eigenvalue weighted by Crippen LogP contribution is -2.00. The highest BCUT2D eigenvalue weighted by atomic mass is 79.9. The molecule has 0 amide bonds. The van der Waals surface area contributed by atoms with E-state index in [4.69, 9.17) is 9.15 Å². The number of halogens is 1. The summed E-state index contributed by atoms with van der Waals surface area (Å²) in [4.78, 5) is 21.5. The summed E-state index contributed by atoms with van der Waals surface area (Å²) in [5.74, 6) is -0.00460. The monoisotopic (exact) mass is 351 g/mol. The first kappa shape index (κ1) is 15.0. The molecule has 2 rings (SSSR count). The number of esters is 1. The maximum atomic E-state index is 11.5. The van der Waals surface area contributed by atoms with E-state index in [1.54, 1.807) is 24.3 Å². The van der Waals surface area contributed by atoms with Gasteiger partial charge in [-0.3, -0.25) is 10.1 Å². The molecule has 0 bridgehead atoms. The molecule has 2 aromatic rings. The number of carbonyl (C=O) groups excluding carboxylic acids is 1. The van der Waals surface area contributed by atoms with Crippen molar-refractivity contribution in [2.75, 3.05) is 0 Å². The van der Waals surface area contributed by atoms with Crippen LogP contribution in [0.1, 0.15) is 11.3 Å². The highest BCUT2D eigenvalue weighted by Gasteiger charge is 2.05. The largest absolute Gasteiger partial charge is 0.458 e. The van der Waals surface area contributed by atoms with Gasteiger partial charge in [0, 0.05) is 18.2 Å². The summed E-state index contributed by atoms with van der Waals surface area (Å²) in [5.41, 5.74) is 0.663. The number of hydrogen-bond acceptors (Lipinski definition) is 5. The van der Waals surface area contributed by atoms with E-state index in [0.717, 1.165) is 0 Å². The van der Waals surface area contributed by atoms with Crippen LogP contribution < -0.4 is 0 Å². The van der Waals surface area contributed by atoms with Crippen LogP contribution in [0.3, 0.4) is 0 Å². The quantitative estimate of drug-likeness (QED) is 0.355. The Labute approximate surface area is 128 Å². The molecule has 0 N–H and O–H groups in total. The number of nitro groups is 1. The molecule has 0 aliphatic heterocycles. The Bertz CT molecular complexity index is 675. The predicted molar refractivity (Wildman–Crippen MR) is 78.3 cm³/mol. The number of nitro benzene ring substituents is 1. The van der Waals surface area contributed by atoms with E-state index in [0.29, 0.717) is 16.0 Å². The van der Waals surface area contributed by atoms with Crippen molar-refractivity contribution in [2.45, 2.75) is 6.61 Å². The Morgan fingerprint density at radius 1 is 1.29 bits per heavy atom. The molecule has 7 heteroatoms. The van der Waals surface area contributed by atoms with Gasteiger partial charge in [0.25, 0.3) is 5.69 Å². The third-order valence-electron chi connectivity index (χ3n) is 2.51. The molecule has 21 heavy (non-hydrogen) atoms. The third-order valence-corrected chi connectivity index (χ3v) is 2.93. The number of furan rings is 1. The van der Waals surface area contributed by atoms with Gasteiger partial charge in [0.1, 0.15) is 12.4 Å². The minimum absolute atomic E-state index is 0.00614. The molecule has 108 valence electrons. The summed E-state index contributed by atoms with van der Waals surface area (Å²) in [6.07, 6.45) is 2.74. The topological polar surface area (TPSA) is 82.6 Å². The SMILES string of the molecule is O=C(C=Cc1ccc(Br)o1)OCc1ccc([N+](=O)[O-])cc1. The minimum Gasteiger partial charge on any atom is -0.458 e. The summed E-state index contributed by atoms with van der Waals surface area (Å²) in [6, 6.07) is 9.21. The van der Waals surface area contributed by atoms with Crippen LogP contribution in [0.4, 0.5) is 5.69 Å². The molecule has 0 aliphatic carbocycles. The van der Waals surface area contributed by atoms with Crippen LogP contribution in [-0.4, -0.2) is 10.9 Å². The zero-order valence-electron chi connectivity index (χ0n) is 10.7. The van der Waals surface area contributed by atoms with Crippen LogP contribution in [0.15, 0.2) is 51.6 Å². The average Bonchev–Trinajstić information content (AvgIpc) is 2.89. The van der Waals surface area contributed by atoms with Crippen molar-refractivity contribution in [2.24, 2.45) is 0 Å². The van der Waals surface area contributed by atoms with Crippen LogP contribution in [0.25, 0.3) is 6.08 Å². The Kier molecular flexibility index (Phi) is 4.89. The first-order valence-electron chi connectivity index (χ1n) is 5.88. The van der Waals surface area contributed by atoms with Crippen LogP contribution in [0.5, 0.6) is 0 Å². The van der Waals surface area contributed by atoms with Gasteiger partial charge in [0.05, 0.1) is 4.92 Å². The number of benzene rings is 1. The molecule has 0 unspecified atom stereocenters. The Morgan fingerprint density at radius 3 is 2.57 bits per heavy atom. The molecule has 0 spiro atoms. The molecule has 1 aromatic heterocycles. The van der Waals surface area contributed by atoms with Gasteiger partial charge in [-0.15, -0.1) is 0 Å². The van der Waals surface area contributed by atoms with Crippen LogP contribution in [-0.2, 0) is 16.1 Å². The van der Waals surface area contributed by atoms with E-state index in [1.807, 2.05) is 0 Å². The van der Waals surface area contributed by atoms with Gasteiger partial charge in [0.15, 0.2) is 4.67 Å². The van der Waals surface area contributed by atoms with Crippen LogP contribution in [0, 0.1) is 10.1 Å². The van der Waals surface area contributed by atoms with Crippen molar-refractivity contribution < 1.29 is 18.9 Å². The minimum atomic E-state index is -0.527. The molecule has 0 radical (unpaired) electrons. The molecule has 0 saturated heterocycles. The third kappa shape index (κ3) is 4.57. The summed E-state index contributed by atoms with van der Waals surface area (Å²) in [6.45, 7) is 0.0447. The molecule has 1 heterocycles. The maximum absolute atomic E-state index is 11.5. The van der Waals surface area contributed by atoms with Gasteiger partial charge in [-0.2, -0.15) is 0 Å². The molecule has 0 saturated carbocycles. The van der Waals surface area contributed by atoms with Crippen molar-refractivity contribution in [1.82, 2.24) is 0 Å². The normalized spacial score (nSPS) is 10.7. The van der Waals surface area contributed by atoms with E-state index in [1.165, 1.54) is 24.3 Å². The van der Waals surface area contributed by atoms with Gasteiger partial charge in [-0.05, 0) is 51.8 Å². The molecular weight excluding hydrogens is 342 g/mol. The zero-order valence-corrected chi connectivity index (χ0v) is 12.3. The molecular formula is C14H10BrNO5. The van der Waals surface area contributed by atoms with E-state index in [-0.39, 0.29) is 12.3 Å².